The summed E-state index contributed by atoms with van der Waals surface area (Å²) in [6.07, 6.45) is 1.79. The summed E-state index contributed by atoms with van der Waals surface area (Å²) in [5.41, 5.74) is 4.34. The summed E-state index contributed by atoms with van der Waals surface area (Å²) in [7, 11) is 0. The van der Waals surface area contributed by atoms with Gasteiger partial charge in [-0.25, -0.2) is 9.78 Å². The summed E-state index contributed by atoms with van der Waals surface area (Å²) in [6.45, 7) is 4.93. The fourth-order valence-electron chi connectivity index (χ4n) is 3.44. The van der Waals surface area contributed by atoms with Crippen LogP contribution < -0.4 is 21.9 Å². The molecular formula is C19H29N7O7. The lowest BCUT2D eigenvalue weighted by atomic mass is 9.70. The topological polar surface area (TPSA) is 215 Å². The molecule has 7 N–H and O–H groups in total. The number of fused-ring (bicyclic) bond motifs is 1. The van der Waals surface area contributed by atoms with E-state index in [4.69, 9.17) is 20.7 Å². The Bertz CT molecular complexity index is 1040. The number of nitrogens with two attached hydrogens (primary N) is 1. The van der Waals surface area contributed by atoms with Crippen LogP contribution in [0.15, 0.2) is 11.1 Å². The van der Waals surface area contributed by atoms with Gasteiger partial charge < -0.3 is 20.7 Å². The summed E-state index contributed by atoms with van der Waals surface area (Å²) in [5.74, 6) is -1.06. The van der Waals surface area contributed by atoms with Crippen LogP contribution in [0.5, 0.6) is 0 Å². The van der Waals surface area contributed by atoms with Crippen LogP contribution in [0.3, 0.4) is 0 Å². The lowest BCUT2D eigenvalue weighted by Gasteiger charge is -2.37. The molecule has 14 heteroatoms. The number of aromatic amines is 1. The van der Waals surface area contributed by atoms with Crippen molar-refractivity contribution in [2.45, 2.75) is 46.4 Å². The van der Waals surface area contributed by atoms with Gasteiger partial charge in [0, 0.05) is 0 Å². The van der Waals surface area contributed by atoms with E-state index in [0.717, 1.165) is 0 Å². The van der Waals surface area contributed by atoms with Crippen molar-refractivity contribution in [1.82, 2.24) is 30.2 Å². The molecule has 1 fully saturated rings. The van der Waals surface area contributed by atoms with Gasteiger partial charge >= 0.3 is 6.03 Å². The third kappa shape index (κ3) is 5.35. The quantitative estimate of drug-likeness (QED) is 0.256. The van der Waals surface area contributed by atoms with E-state index >= 15 is 0 Å². The molecule has 1 aliphatic heterocycles. The van der Waals surface area contributed by atoms with E-state index < -0.39 is 34.9 Å². The van der Waals surface area contributed by atoms with Gasteiger partial charge in [0.25, 0.3) is 5.56 Å². The molecule has 33 heavy (non-hydrogen) atoms. The number of imide groups is 2. The number of anilines is 1. The van der Waals surface area contributed by atoms with Crippen LogP contribution in [0, 0.1) is 11.3 Å². The first-order valence-corrected chi connectivity index (χ1v) is 10.3. The average Bonchev–Trinajstić information content (AvgIpc) is 3.18. The predicted octanol–water partition coefficient (Wildman–Crippen LogP) is -1.18. The van der Waals surface area contributed by atoms with E-state index in [1.54, 1.807) is 6.92 Å². The van der Waals surface area contributed by atoms with Crippen LogP contribution in [0.25, 0.3) is 11.2 Å². The highest BCUT2D eigenvalue weighted by atomic mass is 16.5. The fourth-order valence-corrected chi connectivity index (χ4v) is 3.44. The van der Waals surface area contributed by atoms with Crippen molar-refractivity contribution in [2.75, 3.05) is 18.9 Å². The number of aromatic nitrogens is 4. The highest BCUT2D eigenvalue weighted by Crippen LogP contribution is 2.35. The Morgan fingerprint density at radius 2 is 1.76 bits per heavy atom. The Kier molecular flexibility index (Phi) is 8.62. The molecule has 1 saturated heterocycles. The second kappa shape index (κ2) is 11.0. The molecule has 0 bridgehead atoms. The number of carbonyl (C=O) groups is 3. The van der Waals surface area contributed by atoms with Gasteiger partial charge in [-0.05, 0) is 12.3 Å². The molecule has 14 nitrogen and oxygen atoms in total. The van der Waals surface area contributed by atoms with Gasteiger partial charge in [-0.1, -0.05) is 27.2 Å². The molecule has 1 unspecified atom stereocenters. The van der Waals surface area contributed by atoms with Gasteiger partial charge in [-0.15, -0.1) is 0 Å². The number of carbonyl (C=O) groups excluding carboxylic acids is 3. The zero-order chi connectivity index (χ0) is 24.8. The lowest BCUT2D eigenvalue weighted by Crippen LogP contribution is -2.64. The smallest absolute Gasteiger partial charge is 0.328 e. The van der Waals surface area contributed by atoms with Crippen molar-refractivity contribution in [1.29, 1.82) is 0 Å². The number of nitrogens with zero attached hydrogens (tertiary/aromatic N) is 3. The standard InChI is InChI=1S/C10H16N2O3.C9H13N5O4/c1-4-6(3)10(5-2)7(13)11-9(15)12-8(10)14;10-9-12-7-6(8(17)13-9)11-3-14(7)4-18-5(1-15)2-16/h6H,4-5H2,1-3H3,(H2,11,12,13,14,15);3,5,15-16H,1-2,4H2,(H3,10,12,13,17). The second-order valence-corrected chi connectivity index (χ2v) is 7.49. The number of H-pyrrole nitrogens is 1. The molecular weight excluding hydrogens is 438 g/mol. The van der Waals surface area contributed by atoms with Gasteiger partial charge in [0.05, 0.1) is 19.5 Å². The number of nitrogens with one attached hydrogen (secondary N) is 3. The number of nitrogen functional groups attached to an aromatic ring is 1. The predicted molar refractivity (Wildman–Crippen MR) is 115 cm³/mol. The normalized spacial score (nSPS) is 16.2. The second-order valence-electron chi connectivity index (χ2n) is 7.49. The zero-order valence-electron chi connectivity index (χ0n) is 18.6. The van der Waals surface area contributed by atoms with Crippen LogP contribution in [-0.2, 0) is 21.1 Å². The van der Waals surface area contributed by atoms with Crippen molar-refractivity contribution in [3.63, 3.8) is 0 Å². The number of amides is 4. The van der Waals surface area contributed by atoms with Crippen molar-refractivity contribution >= 4 is 35.0 Å². The van der Waals surface area contributed by atoms with E-state index in [0.29, 0.717) is 12.8 Å². The molecule has 0 aromatic carbocycles. The summed E-state index contributed by atoms with van der Waals surface area (Å²) in [6, 6.07) is -0.725. The molecule has 3 heterocycles. The summed E-state index contributed by atoms with van der Waals surface area (Å²) < 4.78 is 6.66. The molecule has 0 aliphatic carbocycles. The van der Waals surface area contributed by atoms with Crippen LogP contribution >= 0.6 is 0 Å². The molecule has 1 aliphatic rings. The minimum absolute atomic E-state index is 0.00181. The summed E-state index contributed by atoms with van der Waals surface area (Å²) in [4.78, 5) is 56.1. The lowest BCUT2D eigenvalue weighted by molar-refractivity contribution is -0.148. The third-order valence-corrected chi connectivity index (χ3v) is 5.63. The molecule has 1 atom stereocenters. The number of ether oxygens (including phenoxy) is 1. The average molecular weight is 467 g/mol. The van der Waals surface area contributed by atoms with E-state index in [2.05, 4.69) is 25.6 Å². The first-order valence-electron chi connectivity index (χ1n) is 10.3. The number of hydrogen-bond donors (Lipinski definition) is 6. The number of imidazole rings is 1. The maximum Gasteiger partial charge on any atom is 0.328 e. The van der Waals surface area contributed by atoms with Gasteiger partial charge in [0.15, 0.2) is 11.2 Å². The Labute approximate surface area is 188 Å². The zero-order valence-corrected chi connectivity index (χ0v) is 18.6. The van der Waals surface area contributed by atoms with Crippen LogP contribution in [-0.4, -0.2) is 66.9 Å². The highest BCUT2D eigenvalue weighted by Gasteiger charge is 2.51. The number of barbiturate groups is 1. The van der Waals surface area contributed by atoms with E-state index in [1.165, 1.54) is 10.9 Å². The van der Waals surface area contributed by atoms with E-state index in [1.807, 2.05) is 13.8 Å². The van der Waals surface area contributed by atoms with Gasteiger partial charge in [-0.2, -0.15) is 4.98 Å². The van der Waals surface area contributed by atoms with Gasteiger partial charge in [0.1, 0.15) is 18.2 Å². The summed E-state index contributed by atoms with van der Waals surface area (Å²) in [5, 5.41) is 22.0. The molecule has 0 spiro atoms. The molecule has 2 aromatic heterocycles. The van der Waals surface area contributed by atoms with Crippen molar-refractivity contribution < 1.29 is 29.3 Å². The van der Waals surface area contributed by atoms with Gasteiger partial charge in [-0.3, -0.25) is 34.6 Å². The Morgan fingerprint density at radius 3 is 2.27 bits per heavy atom. The minimum Gasteiger partial charge on any atom is -0.394 e. The van der Waals surface area contributed by atoms with Crippen LogP contribution in [0.1, 0.15) is 33.6 Å². The number of urea groups is 1. The highest BCUT2D eigenvalue weighted by molar-refractivity contribution is 6.19. The molecule has 0 radical (unpaired) electrons. The number of hydrogen-bond acceptors (Lipinski definition) is 10. The Hall–Kier alpha value is -3.36. The van der Waals surface area contributed by atoms with Crippen molar-refractivity contribution in [3.05, 3.63) is 16.7 Å². The van der Waals surface area contributed by atoms with E-state index in [-0.39, 0.29) is 43.0 Å². The molecule has 182 valence electrons. The van der Waals surface area contributed by atoms with Crippen LogP contribution in [0.2, 0.25) is 0 Å². The molecule has 0 saturated carbocycles. The minimum atomic E-state index is -1.09. The largest absolute Gasteiger partial charge is 0.394 e. The number of aliphatic hydroxyl groups excluding tert-OH is 2. The SMILES string of the molecule is CCC(C)C1(CC)C(=O)NC(=O)NC1=O.Nc1nc2c(ncn2COC(CO)CO)c(=O)[nH]1. The maximum atomic E-state index is 11.8. The third-order valence-electron chi connectivity index (χ3n) is 5.63. The Morgan fingerprint density at radius 1 is 1.15 bits per heavy atom. The fraction of sp³-hybridized carbons (Fsp3) is 0.579. The summed E-state index contributed by atoms with van der Waals surface area (Å²) >= 11 is 0. The van der Waals surface area contributed by atoms with Gasteiger partial charge in [0.2, 0.25) is 17.8 Å². The first kappa shape index (κ1) is 25.9. The van der Waals surface area contributed by atoms with Crippen molar-refractivity contribution in [2.24, 2.45) is 11.3 Å². The number of aliphatic hydroxyl groups is 2. The molecule has 4 amide bonds. The maximum absolute atomic E-state index is 11.8. The first-order chi connectivity index (χ1) is 15.6. The van der Waals surface area contributed by atoms with E-state index in [9.17, 15) is 19.2 Å². The number of rotatable bonds is 8. The molecule has 2 aromatic rings. The molecule has 3 rings (SSSR count). The Balaban J connectivity index is 0.000000238. The monoisotopic (exact) mass is 467 g/mol. The van der Waals surface area contributed by atoms with Crippen molar-refractivity contribution in [3.8, 4) is 0 Å². The van der Waals surface area contributed by atoms with Crippen LogP contribution in [0.4, 0.5) is 10.7 Å².